The molecule has 112 valence electrons. The van der Waals surface area contributed by atoms with Crippen molar-refractivity contribution in [2.45, 2.75) is 37.0 Å². The van der Waals surface area contributed by atoms with Crippen molar-refractivity contribution in [2.24, 2.45) is 5.84 Å². The molecule has 0 amide bonds. The molecule has 7 heteroatoms. The van der Waals surface area contributed by atoms with Crippen LogP contribution in [-0.4, -0.2) is 25.5 Å². The summed E-state index contributed by atoms with van der Waals surface area (Å²) in [5, 5.41) is -0.649. The lowest BCUT2D eigenvalue weighted by molar-refractivity contribution is 0.434. The molecule has 1 fully saturated rings. The maximum atomic E-state index is 13.6. The first-order valence-corrected chi connectivity index (χ1v) is 8.27. The fourth-order valence-corrected chi connectivity index (χ4v) is 4.78. The van der Waals surface area contributed by atoms with Crippen LogP contribution in [-0.2, 0) is 16.3 Å². The van der Waals surface area contributed by atoms with Crippen LogP contribution in [0.15, 0.2) is 18.2 Å². The van der Waals surface area contributed by atoms with E-state index in [1.807, 2.05) is 0 Å². The van der Waals surface area contributed by atoms with Gasteiger partial charge in [0.15, 0.2) is 9.84 Å². The van der Waals surface area contributed by atoms with Gasteiger partial charge in [0.1, 0.15) is 11.6 Å². The van der Waals surface area contributed by atoms with Crippen LogP contribution in [0.5, 0.6) is 0 Å². The van der Waals surface area contributed by atoms with E-state index in [1.54, 1.807) is 0 Å². The monoisotopic (exact) mass is 304 g/mol. The first-order chi connectivity index (χ1) is 9.44. The van der Waals surface area contributed by atoms with Crippen LogP contribution >= 0.6 is 0 Å². The van der Waals surface area contributed by atoms with E-state index in [0.29, 0.717) is 12.8 Å². The molecule has 0 bridgehead atoms. The Balaban J connectivity index is 2.22. The molecule has 0 radical (unpaired) electrons. The van der Waals surface area contributed by atoms with Crippen molar-refractivity contribution < 1.29 is 17.2 Å². The number of benzene rings is 1. The molecule has 0 aliphatic carbocycles. The maximum Gasteiger partial charge on any atom is 0.154 e. The highest BCUT2D eigenvalue weighted by atomic mass is 32.2. The summed E-state index contributed by atoms with van der Waals surface area (Å²) in [7, 11) is -3.24. The van der Waals surface area contributed by atoms with E-state index in [0.717, 1.165) is 24.6 Å². The Hall–Kier alpha value is -1.05. The average Bonchev–Trinajstić information content (AvgIpc) is 2.40. The molecule has 20 heavy (non-hydrogen) atoms. The summed E-state index contributed by atoms with van der Waals surface area (Å²) in [6.07, 6.45) is 1.98. The zero-order valence-electron chi connectivity index (χ0n) is 11.0. The minimum absolute atomic E-state index is 0.0456. The number of hydrogen-bond donors (Lipinski definition) is 2. The van der Waals surface area contributed by atoms with Crippen molar-refractivity contribution in [1.82, 2.24) is 5.43 Å². The summed E-state index contributed by atoms with van der Waals surface area (Å²) in [5.74, 6) is 4.45. The van der Waals surface area contributed by atoms with E-state index in [2.05, 4.69) is 5.43 Å². The van der Waals surface area contributed by atoms with Crippen LogP contribution in [0.1, 0.15) is 24.8 Å². The van der Waals surface area contributed by atoms with Gasteiger partial charge in [-0.25, -0.2) is 17.2 Å². The number of hydrogen-bond acceptors (Lipinski definition) is 4. The van der Waals surface area contributed by atoms with Crippen molar-refractivity contribution in [1.29, 1.82) is 0 Å². The van der Waals surface area contributed by atoms with Crippen LogP contribution < -0.4 is 11.3 Å². The number of sulfone groups is 1. The molecular formula is C13H18F2N2O2S. The second-order valence-corrected chi connectivity index (χ2v) is 7.45. The molecule has 3 N–H and O–H groups in total. The second-order valence-electron chi connectivity index (χ2n) is 5.11. The van der Waals surface area contributed by atoms with Gasteiger partial charge in [0.25, 0.3) is 0 Å². The summed E-state index contributed by atoms with van der Waals surface area (Å²) in [6, 6.07) is 2.53. The predicted octanol–water partition coefficient (Wildman–Crippen LogP) is 1.31. The summed E-state index contributed by atoms with van der Waals surface area (Å²) in [5.41, 5.74) is 2.59. The first kappa shape index (κ1) is 15.3. The molecule has 4 nitrogen and oxygen atoms in total. The van der Waals surface area contributed by atoms with Gasteiger partial charge in [0.05, 0.1) is 11.0 Å². The highest BCUT2D eigenvalue weighted by Crippen LogP contribution is 2.24. The third-order valence-electron chi connectivity index (χ3n) is 3.74. The molecule has 0 aromatic heterocycles. The molecule has 1 aliphatic rings. The third kappa shape index (κ3) is 3.34. The van der Waals surface area contributed by atoms with Gasteiger partial charge in [-0.2, -0.15) is 0 Å². The van der Waals surface area contributed by atoms with Gasteiger partial charge in [0.2, 0.25) is 0 Å². The molecule has 1 aromatic rings. The zero-order chi connectivity index (χ0) is 14.8. The molecule has 2 unspecified atom stereocenters. The van der Waals surface area contributed by atoms with Gasteiger partial charge in [-0.15, -0.1) is 0 Å². The Bertz CT molecular complexity index is 578. The van der Waals surface area contributed by atoms with Crippen molar-refractivity contribution >= 4 is 9.84 Å². The smallest absolute Gasteiger partial charge is 0.154 e. The van der Waals surface area contributed by atoms with Gasteiger partial charge < -0.3 is 0 Å². The van der Waals surface area contributed by atoms with Crippen LogP contribution in [0.2, 0.25) is 0 Å². The largest absolute Gasteiger partial charge is 0.271 e. The number of rotatable bonds is 4. The van der Waals surface area contributed by atoms with Crippen LogP contribution in [0.4, 0.5) is 8.78 Å². The Morgan fingerprint density at radius 1 is 1.35 bits per heavy atom. The van der Waals surface area contributed by atoms with Gasteiger partial charge in [0, 0.05) is 6.04 Å². The van der Waals surface area contributed by atoms with Crippen molar-refractivity contribution in [3.8, 4) is 0 Å². The minimum atomic E-state index is -3.24. The number of nitrogens with one attached hydrogen (secondary N) is 1. The van der Waals surface area contributed by atoms with Crippen molar-refractivity contribution in [3.63, 3.8) is 0 Å². The summed E-state index contributed by atoms with van der Waals surface area (Å²) in [4.78, 5) is 0. The van der Waals surface area contributed by atoms with Crippen molar-refractivity contribution in [2.75, 3.05) is 5.75 Å². The van der Waals surface area contributed by atoms with Crippen LogP contribution in [0.25, 0.3) is 0 Å². The minimum Gasteiger partial charge on any atom is -0.271 e. The maximum absolute atomic E-state index is 13.6. The quantitative estimate of drug-likeness (QED) is 0.650. The lowest BCUT2D eigenvalue weighted by Gasteiger charge is -2.29. The van der Waals surface area contributed by atoms with Gasteiger partial charge in [-0.05, 0) is 43.0 Å². The summed E-state index contributed by atoms with van der Waals surface area (Å²) < 4.78 is 50.9. The molecule has 1 aromatic carbocycles. The van der Waals surface area contributed by atoms with Gasteiger partial charge in [-0.1, -0.05) is 6.42 Å². The third-order valence-corrected chi connectivity index (χ3v) is 6.08. The SMILES string of the molecule is NNC(Cc1cc(F)ccc1F)C1CCCCS1(=O)=O. The molecule has 1 saturated heterocycles. The Kier molecular flexibility index (Phi) is 4.72. The first-order valence-electron chi connectivity index (χ1n) is 6.55. The molecule has 1 aliphatic heterocycles. The molecule has 0 spiro atoms. The molecule has 1 heterocycles. The van der Waals surface area contributed by atoms with Gasteiger partial charge in [-0.3, -0.25) is 11.3 Å². The second kappa shape index (κ2) is 6.15. The zero-order valence-corrected chi connectivity index (χ0v) is 11.8. The Morgan fingerprint density at radius 2 is 2.10 bits per heavy atom. The van der Waals surface area contributed by atoms with E-state index in [-0.39, 0.29) is 17.7 Å². The summed E-state index contributed by atoms with van der Waals surface area (Å²) >= 11 is 0. The number of nitrogens with two attached hydrogens (primary N) is 1. The van der Waals surface area contributed by atoms with Gasteiger partial charge >= 0.3 is 0 Å². The van der Waals surface area contributed by atoms with Crippen molar-refractivity contribution in [3.05, 3.63) is 35.4 Å². The van der Waals surface area contributed by atoms with Crippen LogP contribution in [0.3, 0.4) is 0 Å². The topological polar surface area (TPSA) is 72.2 Å². The summed E-state index contributed by atoms with van der Waals surface area (Å²) in [6.45, 7) is 0. The predicted molar refractivity (Wildman–Crippen MR) is 72.6 cm³/mol. The Labute approximate surface area is 117 Å². The van der Waals surface area contributed by atoms with E-state index < -0.39 is 32.8 Å². The molecular weight excluding hydrogens is 286 g/mol. The highest BCUT2D eigenvalue weighted by Gasteiger charge is 2.35. The number of halogens is 2. The molecule has 0 saturated carbocycles. The van der Waals surface area contributed by atoms with E-state index in [1.165, 1.54) is 0 Å². The highest BCUT2D eigenvalue weighted by molar-refractivity contribution is 7.92. The molecule has 2 atom stereocenters. The van der Waals surface area contributed by atoms with E-state index in [4.69, 9.17) is 5.84 Å². The molecule has 2 rings (SSSR count). The lowest BCUT2D eigenvalue weighted by atomic mass is 9.99. The standard InChI is InChI=1S/C13H18F2N2O2S/c14-10-4-5-11(15)9(7-10)8-12(17-16)13-3-1-2-6-20(13,18)19/h4-5,7,12-13,17H,1-3,6,8,16H2. The normalized spacial score (nSPS) is 23.4. The van der Waals surface area contributed by atoms with E-state index >= 15 is 0 Å². The fraction of sp³-hybridized carbons (Fsp3) is 0.538. The van der Waals surface area contributed by atoms with Crippen LogP contribution in [0, 0.1) is 11.6 Å². The average molecular weight is 304 g/mol. The van der Waals surface area contributed by atoms with E-state index in [9.17, 15) is 17.2 Å². The Morgan fingerprint density at radius 3 is 2.75 bits per heavy atom. The number of hydrazine groups is 1. The fourth-order valence-electron chi connectivity index (χ4n) is 2.67. The lowest BCUT2D eigenvalue weighted by Crippen LogP contribution is -2.50.